The SMILES string of the molecule is NCc1ccccc1N1CCc2ccccc21. The number of fused-ring (bicyclic) bond motifs is 1. The number of hydrogen-bond acceptors (Lipinski definition) is 2. The van der Waals surface area contributed by atoms with Crippen molar-refractivity contribution < 1.29 is 0 Å². The topological polar surface area (TPSA) is 29.3 Å². The standard InChI is InChI=1S/C15H16N2/c16-11-13-6-2-4-8-15(13)17-10-9-12-5-1-3-7-14(12)17/h1-8H,9-11,16H2. The molecule has 1 aliphatic heterocycles. The molecule has 0 atom stereocenters. The van der Waals surface area contributed by atoms with Crippen LogP contribution in [0.2, 0.25) is 0 Å². The number of hydrogen-bond donors (Lipinski definition) is 1. The average molecular weight is 224 g/mol. The van der Waals surface area contributed by atoms with Gasteiger partial charge in [0.1, 0.15) is 0 Å². The molecule has 2 aromatic rings. The van der Waals surface area contributed by atoms with Crippen LogP contribution in [0.25, 0.3) is 0 Å². The lowest BCUT2D eigenvalue weighted by atomic mass is 10.1. The van der Waals surface area contributed by atoms with Crippen molar-refractivity contribution in [2.45, 2.75) is 13.0 Å². The van der Waals surface area contributed by atoms with Gasteiger partial charge in [0.2, 0.25) is 0 Å². The van der Waals surface area contributed by atoms with E-state index in [9.17, 15) is 0 Å². The van der Waals surface area contributed by atoms with Gasteiger partial charge in [-0.05, 0) is 29.7 Å². The monoisotopic (exact) mass is 224 g/mol. The number of nitrogens with two attached hydrogens (primary N) is 1. The summed E-state index contributed by atoms with van der Waals surface area (Å²) >= 11 is 0. The van der Waals surface area contributed by atoms with Crippen LogP contribution >= 0.6 is 0 Å². The predicted octanol–water partition coefficient (Wildman–Crippen LogP) is 2.84. The van der Waals surface area contributed by atoms with Gasteiger partial charge < -0.3 is 10.6 Å². The number of benzene rings is 2. The Labute approximate surface area is 102 Å². The van der Waals surface area contributed by atoms with E-state index in [1.54, 1.807) is 0 Å². The zero-order valence-electron chi connectivity index (χ0n) is 9.76. The van der Waals surface area contributed by atoms with Crippen LogP contribution in [0.1, 0.15) is 11.1 Å². The molecule has 86 valence electrons. The van der Waals surface area contributed by atoms with Crippen LogP contribution in [0.15, 0.2) is 48.5 Å². The van der Waals surface area contributed by atoms with Gasteiger partial charge in [-0.3, -0.25) is 0 Å². The Hall–Kier alpha value is -1.80. The van der Waals surface area contributed by atoms with E-state index in [1.807, 2.05) is 6.07 Å². The second-order valence-electron chi connectivity index (χ2n) is 4.36. The van der Waals surface area contributed by atoms with E-state index >= 15 is 0 Å². The minimum absolute atomic E-state index is 0.592. The van der Waals surface area contributed by atoms with Crippen molar-refractivity contribution in [3.05, 3.63) is 59.7 Å². The van der Waals surface area contributed by atoms with Gasteiger partial charge >= 0.3 is 0 Å². The highest BCUT2D eigenvalue weighted by molar-refractivity contribution is 5.71. The molecule has 0 amide bonds. The predicted molar refractivity (Wildman–Crippen MR) is 71.5 cm³/mol. The maximum atomic E-state index is 5.81. The van der Waals surface area contributed by atoms with Crippen LogP contribution in [-0.4, -0.2) is 6.54 Å². The van der Waals surface area contributed by atoms with Crippen LogP contribution in [0.5, 0.6) is 0 Å². The number of anilines is 2. The number of nitrogens with zero attached hydrogens (tertiary/aromatic N) is 1. The summed E-state index contributed by atoms with van der Waals surface area (Å²) in [6.45, 7) is 1.64. The van der Waals surface area contributed by atoms with Crippen molar-refractivity contribution in [1.29, 1.82) is 0 Å². The third-order valence-corrected chi connectivity index (χ3v) is 3.39. The van der Waals surface area contributed by atoms with Gasteiger partial charge in [0, 0.05) is 24.5 Å². The zero-order chi connectivity index (χ0) is 11.7. The Balaban J connectivity index is 2.07. The van der Waals surface area contributed by atoms with E-state index in [0.717, 1.165) is 13.0 Å². The largest absolute Gasteiger partial charge is 0.341 e. The fourth-order valence-corrected chi connectivity index (χ4v) is 2.54. The maximum Gasteiger partial charge on any atom is 0.0456 e. The molecule has 0 aliphatic carbocycles. The van der Waals surface area contributed by atoms with Gasteiger partial charge in [-0.1, -0.05) is 36.4 Å². The Morgan fingerprint density at radius 3 is 2.47 bits per heavy atom. The lowest BCUT2D eigenvalue weighted by Gasteiger charge is -2.22. The molecule has 1 heterocycles. The second kappa shape index (κ2) is 4.22. The fourth-order valence-electron chi connectivity index (χ4n) is 2.54. The molecule has 2 heteroatoms. The van der Waals surface area contributed by atoms with Crippen LogP contribution in [0.3, 0.4) is 0 Å². The summed E-state index contributed by atoms with van der Waals surface area (Å²) in [5.41, 5.74) is 11.0. The molecule has 17 heavy (non-hydrogen) atoms. The third kappa shape index (κ3) is 1.71. The summed E-state index contributed by atoms with van der Waals surface area (Å²) in [5, 5.41) is 0. The molecular formula is C15H16N2. The summed E-state index contributed by atoms with van der Waals surface area (Å²) in [5.74, 6) is 0. The third-order valence-electron chi connectivity index (χ3n) is 3.39. The minimum atomic E-state index is 0.592. The van der Waals surface area contributed by atoms with Gasteiger partial charge in [0.25, 0.3) is 0 Å². The summed E-state index contributed by atoms with van der Waals surface area (Å²) in [4.78, 5) is 2.37. The van der Waals surface area contributed by atoms with E-state index in [2.05, 4.69) is 47.4 Å². The molecule has 1 aliphatic rings. The van der Waals surface area contributed by atoms with Crippen molar-refractivity contribution in [3.63, 3.8) is 0 Å². The molecule has 0 saturated heterocycles. The summed E-state index contributed by atoms with van der Waals surface area (Å²) in [7, 11) is 0. The molecule has 0 radical (unpaired) electrons. The molecule has 0 spiro atoms. The molecular weight excluding hydrogens is 208 g/mol. The summed E-state index contributed by atoms with van der Waals surface area (Å²) in [6.07, 6.45) is 1.12. The van der Waals surface area contributed by atoms with Crippen LogP contribution in [0, 0.1) is 0 Å². The quantitative estimate of drug-likeness (QED) is 0.850. The van der Waals surface area contributed by atoms with Gasteiger partial charge in [0.05, 0.1) is 0 Å². The highest BCUT2D eigenvalue weighted by atomic mass is 15.2. The first-order chi connectivity index (χ1) is 8.40. The van der Waals surface area contributed by atoms with Gasteiger partial charge in [-0.25, -0.2) is 0 Å². The molecule has 2 N–H and O–H groups in total. The molecule has 3 rings (SSSR count). The summed E-state index contributed by atoms with van der Waals surface area (Å²) < 4.78 is 0. The highest BCUT2D eigenvalue weighted by Crippen LogP contribution is 2.35. The lowest BCUT2D eigenvalue weighted by molar-refractivity contribution is 0.972. The normalized spacial score (nSPS) is 13.8. The van der Waals surface area contributed by atoms with Crippen molar-refractivity contribution in [2.75, 3.05) is 11.4 Å². The number of rotatable bonds is 2. The van der Waals surface area contributed by atoms with E-state index in [4.69, 9.17) is 5.73 Å². The summed E-state index contributed by atoms with van der Waals surface area (Å²) in [6, 6.07) is 17.0. The molecule has 0 saturated carbocycles. The van der Waals surface area contributed by atoms with Crippen molar-refractivity contribution in [2.24, 2.45) is 5.73 Å². The van der Waals surface area contributed by atoms with Gasteiger partial charge in [-0.2, -0.15) is 0 Å². The van der Waals surface area contributed by atoms with Crippen molar-refractivity contribution >= 4 is 11.4 Å². The van der Waals surface area contributed by atoms with Crippen LogP contribution < -0.4 is 10.6 Å². The first-order valence-corrected chi connectivity index (χ1v) is 6.03. The molecule has 2 aromatic carbocycles. The van der Waals surface area contributed by atoms with Gasteiger partial charge in [-0.15, -0.1) is 0 Å². The second-order valence-corrected chi connectivity index (χ2v) is 4.36. The number of para-hydroxylation sites is 2. The molecule has 0 unspecified atom stereocenters. The smallest absolute Gasteiger partial charge is 0.0456 e. The van der Waals surface area contributed by atoms with Gasteiger partial charge in [0.15, 0.2) is 0 Å². The molecule has 0 bridgehead atoms. The fraction of sp³-hybridized carbons (Fsp3) is 0.200. The molecule has 2 nitrogen and oxygen atoms in total. The van der Waals surface area contributed by atoms with E-state index in [-0.39, 0.29) is 0 Å². The molecule has 0 aromatic heterocycles. The zero-order valence-corrected chi connectivity index (χ0v) is 9.76. The Kier molecular flexibility index (Phi) is 2.57. The van der Waals surface area contributed by atoms with Crippen LogP contribution in [0.4, 0.5) is 11.4 Å². The lowest BCUT2D eigenvalue weighted by Crippen LogP contribution is -2.16. The van der Waals surface area contributed by atoms with Crippen molar-refractivity contribution in [1.82, 2.24) is 0 Å². The maximum absolute atomic E-state index is 5.81. The average Bonchev–Trinajstić information content (AvgIpc) is 2.82. The van der Waals surface area contributed by atoms with E-state index < -0.39 is 0 Å². The van der Waals surface area contributed by atoms with E-state index in [1.165, 1.54) is 22.5 Å². The Morgan fingerprint density at radius 1 is 0.941 bits per heavy atom. The first-order valence-electron chi connectivity index (χ1n) is 6.03. The van der Waals surface area contributed by atoms with Crippen LogP contribution in [-0.2, 0) is 13.0 Å². The molecule has 0 fully saturated rings. The minimum Gasteiger partial charge on any atom is -0.341 e. The highest BCUT2D eigenvalue weighted by Gasteiger charge is 2.20. The first kappa shape index (κ1) is 10.4. The van der Waals surface area contributed by atoms with E-state index in [0.29, 0.717) is 6.54 Å². The Morgan fingerprint density at radius 2 is 1.65 bits per heavy atom. The Bertz CT molecular complexity index is 534. The van der Waals surface area contributed by atoms with Crippen molar-refractivity contribution in [3.8, 4) is 0 Å².